The van der Waals surface area contributed by atoms with Crippen molar-refractivity contribution in [3.63, 3.8) is 0 Å². The molecule has 21 heavy (non-hydrogen) atoms. The average molecular weight is 287 g/mol. The van der Waals surface area contributed by atoms with Crippen molar-refractivity contribution < 1.29 is 14.8 Å². The maximum atomic E-state index is 12.0. The Balaban J connectivity index is 2.06. The van der Waals surface area contributed by atoms with Crippen LogP contribution in [0, 0.1) is 10.1 Å². The van der Waals surface area contributed by atoms with E-state index in [0.29, 0.717) is 11.4 Å². The number of rotatable bonds is 3. The standard InChI is InChI=1S/C14H13N3O4/c1-16(11-6-8-13(18)9-7-11)14(19)15-10-2-4-12(5-3-10)17(20)21/h2-9,18H,1H3,(H,15,19). The highest BCUT2D eigenvalue weighted by Crippen LogP contribution is 2.19. The van der Waals surface area contributed by atoms with Gasteiger partial charge in [0.2, 0.25) is 0 Å². The van der Waals surface area contributed by atoms with Gasteiger partial charge in [0.25, 0.3) is 5.69 Å². The SMILES string of the molecule is CN(C(=O)Nc1ccc([N+](=O)[O-])cc1)c1ccc(O)cc1. The molecule has 2 aromatic rings. The fourth-order valence-electron chi connectivity index (χ4n) is 1.67. The van der Waals surface area contributed by atoms with Gasteiger partial charge in [-0.3, -0.25) is 15.0 Å². The zero-order chi connectivity index (χ0) is 15.4. The monoisotopic (exact) mass is 287 g/mol. The summed E-state index contributed by atoms with van der Waals surface area (Å²) in [5, 5.41) is 22.4. The number of anilines is 2. The second-order valence-electron chi connectivity index (χ2n) is 4.31. The van der Waals surface area contributed by atoms with Gasteiger partial charge in [-0.25, -0.2) is 4.79 Å². The number of benzene rings is 2. The van der Waals surface area contributed by atoms with Crippen molar-refractivity contribution in [3.05, 3.63) is 58.6 Å². The van der Waals surface area contributed by atoms with E-state index in [0.717, 1.165) is 0 Å². The molecule has 0 aliphatic rings. The van der Waals surface area contributed by atoms with E-state index in [4.69, 9.17) is 0 Å². The van der Waals surface area contributed by atoms with Gasteiger partial charge in [-0.1, -0.05) is 0 Å². The molecule has 2 N–H and O–H groups in total. The maximum Gasteiger partial charge on any atom is 0.326 e. The van der Waals surface area contributed by atoms with Crippen molar-refractivity contribution in [2.24, 2.45) is 0 Å². The molecule has 0 unspecified atom stereocenters. The van der Waals surface area contributed by atoms with Crippen molar-refractivity contribution in [3.8, 4) is 5.75 Å². The van der Waals surface area contributed by atoms with Gasteiger partial charge < -0.3 is 10.4 Å². The Hall–Kier alpha value is -3.09. The minimum atomic E-state index is -0.506. The van der Waals surface area contributed by atoms with E-state index < -0.39 is 11.0 Å². The summed E-state index contributed by atoms with van der Waals surface area (Å²) in [7, 11) is 1.58. The number of hydrogen-bond donors (Lipinski definition) is 2. The van der Waals surface area contributed by atoms with Gasteiger partial charge in [0.15, 0.2) is 0 Å². The lowest BCUT2D eigenvalue weighted by molar-refractivity contribution is -0.384. The predicted octanol–water partition coefficient (Wildman–Crippen LogP) is 2.97. The number of phenolic OH excluding ortho intramolecular Hbond substituents is 1. The van der Waals surface area contributed by atoms with Gasteiger partial charge in [0, 0.05) is 30.6 Å². The highest BCUT2D eigenvalue weighted by Gasteiger charge is 2.12. The molecular weight excluding hydrogens is 274 g/mol. The molecule has 2 rings (SSSR count). The van der Waals surface area contributed by atoms with Gasteiger partial charge in [-0.2, -0.15) is 0 Å². The van der Waals surface area contributed by atoms with E-state index in [-0.39, 0.29) is 11.4 Å². The molecule has 0 bridgehead atoms. The molecule has 0 radical (unpaired) electrons. The van der Waals surface area contributed by atoms with E-state index in [1.54, 1.807) is 19.2 Å². The summed E-state index contributed by atoms with van der Waals surface area (Å²) in [5.74, 6) is 0.114. The lowest BCUT2D eigenvalue weighted by Crippen LogP contribution is -2.31. The lowest BCUT2D eigenvalue weighted by atomic mass is 10.3. The highest BCUT2D eigenvalue weighted by molar-refractivity contribution is 6.01. The number of phenols is 1. The third-order valence-electron chi connectivity index (χ3n) is 2.87. The van der Waals surface area contributed by atoms with Gasteiger partial charge in [0.1, 0.15) is 5.75 Å². The lowest BCUT2D eigenvalue weighted by Gasteiger charge is -2.18. The maximum absolute atomic E-state index is 12.0. The summed E-state index contributed by atoms with van der Waals surface area (Å²) in [6.07, 6.45) is 0. The van der Waals surface area contributed by atoms with Crippen molar-refractivity contribution in [2.45, 2.75) is 0 Å². The zero-order valence-electron chi connectivity index (χ0n) is 11.2. The first-order valence-electron chi connectivity index (χ1n) is 6.05. The van der Waals surface area contributed by atoms with E-state index >= 15 is 0 Å². The molecule has 0 aliphatic heterocycles. The molecule has 108 valence electrons. The van der Waals surface area contributed by atoms with E-state index in [9.17, 15) is 20.0 Å². The van der Waals surface area contributed by atoms with E-state index in [1.165, 1.54) is 41.3 Å². The largest absolute Gasteiger partial charge is 0.508 e. The van der Waals surface area contributed by atoms with Crippen LogP contribution < -0.4 is 10.2 Å². The quantitative estimate of drug-likeness (QED) is 0.670. The summed E-state index contributed by atoms with van der Waals surface area (Å²) >= 11 is 0. The number of nitro groups is 1. The fourth-order valence-corrected chi connectivity index (χ4v) is 1.67. The Morgan fingerprint density at radius 1 is 1.14 bits per heavy atom. The number of nitrogens with zero attached hydrogens (tertiary/aromatic N) is 2. The summed E-state index contributed by atoms with van der Waals surface area (Å²) in [6.45, 7) is 0. The second kappa shape index (κ2) is 5.91. The Morgan fingerprint density at radius 3 is 2.24 bits per heavy atom. The number of hydrogen-bond acceptors (Lipinski definition) is 4. The molecular formula is C14H13N3O4. The number of aromatic hydroxyl groups is 1. The molecule has 0 aliphatic carbocycles. The minimum Gasteiger partial charge on any atom is -0.508 e. The van der Waals surface area contributed by atoms with Gasteiger partial charge in [-0.05, 0) is 36.4 Å². The third-order valence-corrected chi connectivity index (χ3v) is 2.87. The Bertz CT molecular complexity index is 653. The van der Waals surface area contributed by atoms with Crippen LogP contribution in [0.3, 0.4) is 0 Å². The normalized spacial score (nSPS) is 9.95. The second-order valence-corrected chi connectivity index (χ2v) is 4.31. The van der Waals surface area contributed by atoms with E-state index in [1.807, 2.05) is 0 Å². The number of nitro benzene ring substituents is 1. The van der Waals surface area contributed by atoms with Gasteiger partial charge in [-0.15, -0.1) is 0 Å². The molecule has 2 aromatic carbocycles. The van der Waals surface area contributed by atoms with Crippen LogP contribution in [0.4, 0.5) is 21.9 Å². The molecule has 0 heterocycles. The smallest absolute Gasteiger partial charge is 0.326 e. The number of carbonyl (C=O) groups excluding carboxylic acids is 1. The van der Waals surface area contributed by atoms with Crippen LogP contribution in [0.2, 0.25) is 0 Å². The van der Waals surface area contributed by atoms with Crippen LogP contribution in [0.1, 0.15) is 0 Å². The van der Waals surface area contributed by atoms with Crippen molar-refractivity contribution in [2.75, 3.05) is 17.3 Å². The molecule has 0 fully saturated rings. The average Bonchev–Trinajstić information content (AvgIpc) is 2.47. The highest BCUT2D eigenvalue weighted by atomic mass is 16.6. The first-order chi connectivity index (χ1) is 9.97. The number of urea groups is 1. The van der Waals surface area contributed by atoms with Crippen molar-refractivity contribution in [1.29, 1.82) is 0 Å². The molecule has 0 spiro atoms. The van der Waals surface area contributed by atoms with Crippen LogP contribution in [-0.4, -0.2) is 23.1 Å². The molecule has 7 heteroatoms. The minimum absolute atomic E-state index is 0.0418. The number of amides is 2. The van der Waals surface area contributed by atoms with Crippen LogP contribution in [0.25, 0.3) is 0 Å². The van der Waals surface area contributed by atoms with E-state index in [2.05, 4.69) is 5.32 Å². The van der Waals surface area contributed by atoms with Crippen molar-refractivity contribution in [1.82, 2.24) is 0 Å². The van der Waals surface area contributed by atoms with Gasteiger partial charge >= 0.3 is 6.03 Å². The zero-order valence-corrected chi connectivity index (χ0v) is 11.2. The molecule has 0 saturated heterocycles. The number of carbonyl (C=O) groups is 1. The molecule has 0 aromatic heterocycles. The Morgan fingerprint density at radius 2 is 1.71 bits per heavy atom. The fraction of sp³-hybridized carbons (Fsp3) is 0.0714. The number of nitrogens with one attached hydrogen (secondary N) is 1. The van der Waals surface area contributed by atoms with Crippen LogP contribution in [0.5, 0.6) is 5.75 Å². The topological polar surface area (TPSA) is 95.7 Å². The third kappa shape index (κ3) is 3.47. The van der Waals surface area contributed by atoms with Crippen LogP contribution in [-0.2, 0) is 0 Å². The molecule has 0 atom stereocenters. The Kier molecular flexibility index (Phi) is 4.03. The predicted molar refractivity (Wildman–Crippen MR) is 78.6 cm³/mol. The first-order valence-corrected chi connectivity index (χ1v) is 6.05. The summed E-state index contributed by atoms with van der Waals surface area (Å²) in [6, 6.07) is 11.3. The Labute approximate surface area is 120 Å². The number of non-ortho nitro benzene ring substituents is 1. The van der Waals surface area contributed by atoms with Crippen LogP contribution >= 0.6 is 0 Å². The molecule has 0 saturated carbocycles. The summed E-state index contributed by atoms with van der Waals surface area (Å²) in [5.41, 5.74) is 1.02. The van der Waals surface area contributed by atoms with Crippen molar-refractivity contribution >= 4 is 23.1 Å². The first kappa shape index (κ1) is 14.3. The van der Waals surface area contributed by atoms with Crippen LogP contribution in [0.15, 0.2) is 48.5 Å². The summed E-state index contributed by atoms with van der Waals surface area (Å²) in [4.78, 5) is 23.4. The molecule has 7 nitrogen and oxygen atoms in total. The summed E-state index contributed by atoms with van der Waals surface area (Å²) < 4.78 is 0. The molecule has 2 amide bonds. The van der Waals surface area contributed by atoms with Gasteiger partial charge in [0.05, 0.1) is 4.92 Å².